The van der Waals surface area contributed by atoms with E-state index in [0.29, 0.717) is 26.7 Å². The van der Waals surface area contributed by atoms with Gasteiger partial charge in [-0.15, -0.1) is 11.3 Å². The van der Waals surface area contributed by atoms with Crippen molar-refractivity contribution < 1.29 is 13.9 Å². The summed E-state index contributed by atoms with van der Waals surface area (Å²) in [6, 6.07) is 6.12. The maximum Gasteiger partial charge on any atom is 0.348 e. The minimum atomic E-state index is -0.536. The molecule has 2 N–H and O–H groups in total. The fourth-order valence-electron chi connectivity index (χ4n) is 1.97. The summed E-state index contributed by atoms with van der Waals surface area (Å²) >= 11 is 12.0. The molecule has 0 radical (unpaired) electrons. The molecule has 0 saturated heterocycles. The number of nitrogens with one attached hydrogen (secondary N) is 2. The van der Waals surface area contributed by atoms with Gasteiger partial charge in [-0.2, -0.15) is 5.26 Å². The summed E-state index contributed by atoms with van der Waals surface area (Å²) in [6.07, 6.45) is 0. The third-order valence-electron chi connectivity index (χ3n) is 3.12. The van der Waals surface area contributed by atoms with Gasteiger partial charge in [-0.1, -0.05) is 11.6 Å². The summed E-state index contributed by atoms with van der Waals surface area (Å²) in [7, 11) is 0. The molecule has 2 rings (SSSR count). The Kier molecular flexibility index (Phi) is 6.31. The van der Waals surface area contributed by atoms with Gasteiger partial charge in [-0.05, 0) is 49.8 Å². The van der Waals surface area contributed by atoms with Crippen LogP contribution in [-0.2, 0) is 4.74 Å². The summed E-state index contributed by atoms with van der Waals surface area (Å²) < 4.78 is 18.2. The van der Waals surface area contributed by atoms with Crippen LogP contribution >= 0.6 is 35.2 Å². The Labute approximate surface area is 158 Å². The normalized spacial score (nSPS) is 10.0. The Morgan fingerprint density at radius 2 is 2.20 bits per heavy atom. The molecule has 130 valence electrons. The number of nitriles is 1. The predicted octanol–water partition coefficient (Wildman–Crippen LogP) is 4.71. The number of thiocarbonyl (C=S) groups is 1. The molecule has 0 bridgehead atoms. The molecule has 0 aliphatic rings. The first-order valence-electron chi connectivity index (χ1n) is 7.11. The van der Waals surface area contributed by atoms with E-state index >= 15 is 0 Å². The SMILES string of the molecule is CCOC(=O)c1sc(NC(=S)Nc2ccc(F)c(Cl)c2)c(C#N)c1C. The van der Waals surface area contributed by atoms with E-state index in [4.69, 9.17) is 28.6 Å². The van der Waals surface area contributed by atoms with Crippen LogP contribution in [0.4, 0.5) is 15.1 Å². The molecule has 0 fully saturated rings. The van der Waals surface area contributed by atoms with E-state index in [1.165, 1.54) is 18.2 Å². The van der Waals surface area contributed by atoms with Crippen molar-refractivity contribution in [3.63, 3.8) is 0 Å². The topological polar surface area (TPSA) is 74.2 Å². The molecule has 0 saturated carbocycles. The van der Waals surface area contributed by atoms with Gasteiger partial charge in [-0.3, -0.25) is 0 Å². The Balaban J connectivity index is 2.20. The second kappa shape index (κ2) is 8.25. The Morgan fingerprint density at radius 3 is 2.80 bits per heavy atom. The quantitative estimate of drug-likeness (QED) is 0.575. The smallest absolute Gasteiger partial charge is 0.348 e. The molecule has 0 spiro atoms. The van der Waals surface area contributed by atoms with Crippen LogP contribution in [0.15, 0.2) is 18.2 Å². The lowest BCUT2D eigenvalue weighted by Crippen LogP contribution is -2.19. The molecule has 5 nitrogen and oxygen atoms in total. The molecule has 25 heavy (non-hydrogen) atoms. The predicted molar refractivity (Wildman–Crippen MR) is 101 cm³/mol. The molecule has 0 atom stereocenters. The fourth-order valence-corrected chi connectivity index (χ4v) is 3.49. The number of rotatable bonds is 4. The largest absolute Gasteiger partial charge is 0.462 e. The lowest BCUT2D eigenvalue weighted by atomic mass is 10.2. The molecule has 1 heterocycles. The van der Waals surface area contributed by atoms with Crippen LogP contribution in [0, 0.1) is 24.1 Å². The van der Waals surface area contributed by atoms with E-state index < -0.39 is 11.8 Å². The van der Waals surface area contributed by atoms with Crippen molar-refractivity contribution >= 4 is 56.9 Å². The van der Waals surface area contributed by atoms with E-state index in [1.54, 1.807) is 13.8 Å². The van der Waals surface area contributed by atoms with Crippen LogP contribution in [-0.4, -0.2) is 17.7 Å². The Hall–Kier alpha value is -2.21. The highest BCUT2D eigenvalue weighted by atomic mass is 35.5. The maximum atomic E-state index is 13.2. The van der Waals surface area contributed by atoms with Crippen molar-refractivity contribution in [1.82, 2.24) is 0 Å². The first-order chi connectivity index (χ1) is 11.9. The summed E-state index contributed by atoms with van der Waals surface area (Å²) in [5.41, 5.74) is 1.33. The molecule has 0 aliphatic heterocycles. The van der Waals surface area contributed by atoms with Gasteiger partial charge in [-0.25, -0.2) is 9.18 Å². The van der Waals surface area contributed by atoms with E-state index in [0.717, 1.165) is 11.3 Å². The van der Waals surface area contributed by atoms with Crippen molar-refractivity contribution in [2.75, 3.05) is 17.2 Å². The van der Waals surface area contributed by atoms with Crippen LogP contribution < -0.4 is 10.6 Å². The number of nitrogens with zero attached hydrogens (tertiary/aromatic N) is 1. The van der Waals surface area contributed by atoms with Crippen LogP contribution in [0.1, 0.15) is 27.7 Å². The lowest BCUT2D eigenvalue weighted by Gasteiger charge is -2.10. The lowest BCUT2D eigenvalue weighted by molar-refractivity contribution is 0.0531. The fraction of sp³-hybridized carbons (Fsp3) is 0.188. The first-order valence-corrected chi connectivity index (χ1v) is 8.71. The summed E-state index contributed by atoms with van der Waals surface area (Å²) in [5.74, 6) is -1.02. The maximum absolute atomic E-state index is 13.2. The van der Waals surface area contributed by atoms with E-state index in [2.05, 4.69) is 10.6 Å². The number of carbonyl (C=O) groups excluding carboxylic acids is 1. The number of esters is 1. The highest BCUT2D eigenvalue weighted by molar-refractivity contribution is 7.80. The molecule has 1 aromatic heterocycles. The summed E-state index contributed by atoms with van der Waals surface area (Å²) in [4.78, 5) is 12.3. The van der Waals surface area contributed by atoms with Gasteiger partial charge in [0.05, 0.1) is 17.2 Å². The molecule has 1 aromatic carbocycles. The summed E-state index contributed by atoms with van der Waals surface area (Å²) in [5, 5.41) is 15.6. The van der Waals surface area contributed by atoms with Crippen molar-refractivity contribution in [2.45, 2.75) is 13.8 Å². The number of hydrogen-bond acceptors (Lipinski definition) is 5. The van der Waals surface area contributed by atoms with Gasteiger partial charge in [0.15, 0.2) is 5.11 Å². The van der Waals surface area contributed by atoms with Gasteiger partial charge < -0.3 is 15.4 Å². The Bertz CT molecular complexity index is 877. The highest BCUT2D eigenvalue weighted by Gasteiger charge is 2.21. The number of halogens is 2. The zero-order valence-corrected chi connectivity index (χ0v) is 15.7. The van der Waals surface area contributed by atoms with Crippen LogP contribution in [0.5, 0.6) is 0 Å². The molecular weight excluding hydrogens is 385 g/mol. The minimum Gasteiger partial charge on any atom is -0.462 e. The van der Waals surface area contributed by atoms with Crippen LogP contribution in [0.3, 0.4) is 0 Å². The number of carbonyl (C=O) groups is 1. The zero-order chi connectivity index (χ0) is 18.6. The van der Waals surface area contributed by atoms with Crippen molar-refractivity contribution in [3.05, 3.63) is 45.0 Å². The average molecular weight is 398 g/mol. The number of thiophene rings is 1. The minimum absolute atomic E-state index is 0.0397. The monoisotopic (exact) mass is 397 g/mol. The number of ether oxygens (including phenoxy) is 1. The molecule has 2 aromatic rings. The van der Waals surface area contributed by atoms with Crippen molar-refractivity contribution in [1.29, 1.82) is 5.26 Å². The number of hydrogen-bond donors (Lipinski definition) is 2. The zero-order valence-electron chi connectivity index (χ0n) is 13.3. The first kappa shape index (κ1) is 19.1. The average Bonchev–Trinajstić information content (AvgIpc) is 2.86. The standard InChI is InChI=1S/C16H13ClFN3O2S2/c1-3-23-15(22)13-8(2)10(7-19)14(25-13)21-16(24)20-9-4-5-12(18)11(17)6-9/h4-6H,3H2,1-2H3,(H2,20,21,24). The second-order valence-corrected chi connectivity index (χ2v) is 6.64. The highest BCUT2D eigenvalue weighted by Crippen LogP contribution is 2.33. The molecule has 0 unspecified atom stereocenters. The Morgan fingerprint density at radius 1 is 1.48 bits per heavy atom. The van der Waals surface area contributed by atoms with E-state index in [9.17, 15) is 14.4 Å². The molecule has 0 amide bonds. The van der Waals surface area contributed by atoms with Gasteiger partial charge in [0.1, 0.15) is 21.8 Å². The van der Waals surface area contributed by atoms with Crippen molar-refractivity contribution in [2.24, 2.45) is 0 Å². The van der Waals surface area contributed by atoms with Gasteiger partial charge in [0.25, 0.3) is 0 Å². The van der Waals surface area contributed by atoms with Gasteiger partial charge in [0.2, 0.25) is 0 Å². The molecular formula is C16H13ClFN3O2S2. The number of benzene rings is 1. The number of anilines is 2. The van der Waals surface area contributed by atoms with Crippen molar-refractivity contribution in [3.8, 4) is 6.07 Å². The van der Waals surface area contributed by atoms with Crippen LogP contribution in [0.25, 0.3) is 0 Å². The second-order valence-electron chi connectivity index (χ2n) is 4.80. The molecule has 0 aliphatic carbocycles. The summed E-state index contributed by atoms with van der Waals surface area (Å²) in [6.45, 7) is 3.62. The van der Waals surface area contributed by atoms with Gasteiger partial charge in [0, 0.05) is 5.69 Å². The third-order valence-corrected chi connectivity index (χ3v) is 4.80. The van der Waals surface area contributed by atoms with E-state index in [1.807, 2.05) is 6.07 Å². The van der Waals surface area contributed by atoms with E-state index in [-0.39, 0.29) is 16.7 Å². The third kappa shape index (κ3) is 4.45. The van der Waals surface area contributed by atoms with Crippen LogP contribution in [0.2, 0.25) is 5.02 Å². The molecule has 9 heteroatoms. The van der Waals surface area contributed by atoms with Gasteiger partial charge >= 0.3 is 5.97 Å².